The zero-order valence-electron chi connectivity index (χ0n) is 23.5. The minimum Gasteiger partial charge on any atom is -0.368 e. The van der Waals surface area contributed by atoms with Gasteiger partial charge in [-0.25, -0.2) is 13.2 Å². The molecule has 43 heavy (non-hydrogen) atoms. The number of sulfonamides is 1. The molecule has 0 aliphatic carbocycles. The van der Waals surface area contributed by atoms with Crippen molar-refractivity contribution >= 4 is 39.0 Å². The molecule has 0 bridgehead atoms. The van der Waals surface area contributed by atoms with E-state index in [0.717, 1.165) is 27.7 Å². The Labute approximate surface area is 248 Å². The number of piperazine rings is 1. The van der Waals surface area contributed by atoms with Crippen LogP contribution < -0.4 is 15.5 Å². The summed E-state index contributed by atoms with van der Waals surface area (Å²) in [5.74, 6) is -0.509. The first-order valence-corrected chi connectivity index (χ1v) is 14.9. The molecule has 0 aromatic heterocycles. The van der Waals surface area contributed by atoms with E-state index in [9.17, 15) is 31.2 Å². The first-order valence-electron chi connectivity index (χ1n) is 13.4. The molecule has 0 unspecified atom stereocenters. The highest BCUT2D eigenvalue weighted by molar-refractivity contribution is 7.89. The predicted molar refractivity (Wildman–Crippen MR) is 159 cm³/mol. The van der Waals surface area contributed by atoms with Gasteiger partial charge in [-0.1, -0.05) is 29.8 Å². The Morgan fingerprint density at radius 1 is 0.930 bits per heavy atom. The van der Waals surface area contributed by atoms with Crippen molar-refractivity contribution in [2.24, 2.45) is 0 Å². The number of benzene rings is 3. The van der Waals surface area contributed by atoms with Gasteiger partial charge in [-0.2, -0.15) is 17.5 Å². The molecular formula is C30H32F3N5O4S. The van der Waals surface area contributed by atoms with Gasteiger partial charge in [0.1, 0.15) is 0 Å². The zero-order chi connectivity index (χ0) is 31.2. The van der Waals surface area contributed by atoms with E-state index in [-0.39, 0.29) is 17.1 Å². The van der Waals surface area contributed by atoms with Crippen molar-refractivity contribution in [1.82, 2.24) is 9.21 Å². The van der Waals surface area contributed by atoms with Crippen molar-refractivity contribution < 1.29 is 31.2 Å². The number of urea groups is 1. The molecule has 1 aliphatic heterocycles. The summed E-state index contributed by atoms with van der Waals surface area (Å²) in [6.45, 7) is 6.74. The summed E-state index contributed by atoms with van der Waals surface area (Å²) in [6, 6.07) is 17.4. The van der Waals surface area contributed by atoms with E-state index in [1.54, 1.807) is 36.4 Å². The smallest absolute Gasteiger partial charge is 0.368 e. The Morgan fingerprint density at radius 3 is 2.19 bits per heavy atom. The van der Waals surface area contributed by atoms with Crippen LogP contribution in [0.1, 0.15) is 11.1 Å². The van der Waals surface area contributed by atoms with Gasteiger partial charge in [0.05, 0.1) is 17.0 Å². The molecule has 13 heteroatoms. The van der Waals surface area contributed by atoms with Gasteiger partial charge in [0, 0.05) is 49.8 Å². The minimum atomic E-state index is -4.50. The average Bonchev–Trinajstić information content (AvgIpc) is 2.97. The first-order chi connectivity index (χ1) is 20.4. The number of carbonyl (C=O) groups excluding carboxylic acids is 2. The van der Waals surface area contributed by atoms with Crippen LogP contribution in [0.15, 0.2) is 90.3 Å². The second-order valence-corrected chi connectivity index (χ2v) is 11.9. The molecule has 0 atom stereocenters. The minimum absolute atomic E-state index is 0.0352. The molecule has 1 heterocycles. The summed E-state index contributed by atoms with van der Waals surface area (Å²) >= 11 is 0. The van der Waals surface area contributed by atoms with Gasteiger partial charge >= 0.3 is 12.2 Å². The highest BCUT2D eigenvalue weighted by Gasteiger charge is 2.31. The number of carbonyl (C=O) groups is 2. The Morgan fingerprint density at radius 2 is 1.58 bits per heavy atom. The lowest BCUT2D eigenvalue weighted by atomic mass is 10.2. The number of nitrogens with one attached hydrogen (secondary N) is 2. The van der Waals surface area contributed by atoms with Crippen LogP contribution in [0.5, 0.6) is 0 Å². The van der Waals surface area contributed by atoms with Crippen molar-refractivity contribution in [2.45, 2.75) is 18.0 Å². The van der Waals surface area contributed by atoms with Crippen molar-refractivity contribution in [2.75, 3.05) is 54.8 Å². The molecule has 1 aliphatic rings. The SMILES string of the molecule is C=CCN(CC(=O)Nc1ccc(N2CCN(C(=O)Nc3cccc(C(F)(F)F)c3)CC2)cc1)S(=O)(=O)c1ccc(C)cc1. The maximum atomic E-state index is 13.1. The van der Waals surface area contributed by atoms with Crippen LogP contribution in [0.4, 0.5) is 35.0 Å². The number of anilines is 3. The van der Waals surface area contributed by atoms with E-state index < -0.39 is 40.2 Å². The van der Waals surface area contributed by atoms with Gasteiger partial charge in [-0.05, 0) is 61.5 Å². The van der Waals surface area contributed by atoms with Crippen LogP contribution in [0.25, 0.3) is 0 Å². The van der Waals surface area contributed by atoms with E-state index in [2.05, 4.69) is 17.2 Å². The molecule has 3 amide bonds. The normalized spacial score (nSPS) is 14.0. The average molecular weight is 616 g/mol. The summed E-state index contributed by atoms with van der Waals surface area (Å²) in [5, 5.41) is 5.25. The van der Waals surface area contributed by atoms with Gasteiger partial charge in [-0.15, -0.1) is 6.58 Å². The lowest BCUT2D eigenvalue weighted by Gasteiger charge is -2.36. The number of halogens is 3. The molecule has 1 saturated heterocycles. The Balaban J connectivity index is 1.30. The van der Waals surface area contributed by atoms with Crippen LogP contribution in [-0.4, -0.2) is 68.8 Å². The van der Waals surface area contributed by atoms with Crippen LogP contribution in [-0.2, 0) is 21.0 Å². The predicted octanol–water partition coefficient (Wildman–Crippen LogP) is 5.18. The number of hydrogen-bond donors (Lipinski definition) is 2. The number of rotatable bonds is 9. The third-order valence-electron chi connectivity index (χ3n) is 6.84. The molecule has 4 rings (SSSR count). The van der Waals surface area contributed by atoms with Crippen molar-refractivity contribution in [3.63, 3.8) is 0 Å². The second-order valence-electron chi connectivity index (χ2n) is 9.98. The molecule has 2 N–H and O–H groups in total. The molecule has 0 saturated carbocycles. The maximum absolute atomic E-state index is 13.1. The first kappa shape index (κ1) is 31.6. The fourth-order valence-corrected chi connectivity index (χ4v) is 5.88. The van der Waals surface area contributed by atoms with Gasteiger partial charge in [0.15, 0.2) is 0 Å². The lowest BCUT2D eigenvalue weighted by Crippen LogP contribution is -2.50. The van der Waals surface area contributed by atoms with E-state index >= 15 is 0 Å². The third-order valence-corrected chi connectivity index (χ3v) is 8.66. The number of nitrogens with zero attached hydrogens (tertiary/aromatic N) is 3. The summed E-state index contributed by atoms with van der Waals surface area (Å²) in [5.41, 5.74) is 1.48. The van der Waals surface area contributed by atoms with Gasteiger partial charge in [-0.3, -0.25) is 4.79 Å². The van der Waals surface area contributed by atoms with Crippen LogP contribution in [0, 0.1) is 6.92 Å². The highest BCUT2D eigenvalue weighted by atomic mass is 32.2. The molecule has 9 nitrogen and oxygen atoms in total. The van der Waals surface area contributed by atoms with Gasteiger partial charge in [0.2, 0.25) is 15.9 Å². The molecule has 1 fully saturated rings. The van der Waals surface area contributed by atoms with Crippen LogP contribution >= 0.6 is 0 Å². The monoisotopic (exact) mass is 615 g/mol. The van der Waals surface area contributed by atoms with Crippen molar-refractivity contribution in [3.05, 3.63) is 96.6 Å². The van der Waals surface area contributed by atoms with Gasteiger partial charge in [0.25, 0.3) is 0 Å². The maximum Gasteiger partial charge on any atom is 0.416 e. The van der Waals surface area contributed by atoms with E-state index in [4.69, 9.17) is 0 Å². The van der Waals surface area contributed by atoms with Crippen molar-refractivity contribution in [1.29, 1.82) is 0 Å². The lowest BCUT2D eigenvalue weighted by molar-refractivity contribution is -0.137. The molecule has 0 radical (unpaired) electrons. The van der Waals surface area contributed by atoms with E-state index in [1.807, 2.05) is 11.8 Å². The molecule has 3 aromatic rings. The summed E-state index contributed by atoms with van der Waals surface area (Å²) in [4.78, 5) is 29.0. The standard InChI is InChI=1S/C30H32F3N5O4S/c1-3-15-38(43(41,42)27-13-7-22(2)8-14-27)21-28(39)34-24-9-11-26(12-10-24)36-16-18-37(19-17-36)29(40)35-25-6-4-5-23(20-25)30(31,32)33/h3-14,20H,1,15-19,21H2,2H3,(H,34,39)(H,35,40). The summed E-state index contributed by atoms with van der Waals surface area (Å²) in [7, 11) is -3.91. The fourth-order valence-electron chi connectivity index (χ4n) is 4.51. The summed E-state index contributed by atoms with van der Waals surface area (Å²) < 4.78 is 66.1. The van der Waals surface area contributed by atoms with Gasteiger partial charge < -0.3 is 20.4 Å². The Bertz CT molecular complexity index is 1550. The number of aryl methyl sites for hydroxylation is 1. The Hall–Kier alpha value is -4.36. The summed E-state index contributed by atoms with van der Waals surface area (Å²) in [6.07, 6.45) is -3.08. The molecule has 228 valence electrons. The highest BCUT2D eigenvalue weighted by Crippen LogP contribution is 2.31. The quantitative estimate of drug-likeness (QED) is 0.323. The second kappa shape index (κ2) is 13.3. The molecular weight excluding hydrogens is 583 g/mol. The van der Waals surface area contributed by atoms with E-state index in [1.165, 1.54) is 35.2 Å². The molecule has 3 aromatic carbocycles. The van der Waals surface area contributed by atoms with E-state index in [0.29, 0.717) is 31.9 Å². The number of hydrogen-bond acceptors (Lipinski definition) is 5. The fraction of sp³-hybridized carbons (Fsp3) is 0.267. The van der Waals surface area contributed by atoms with Crippen LogP contribution in [0.3, 0.4) is 0 Å². The number of alkyl halides is 3. The topological polar surface area (TPSA) is 102 Å². The molecule has 0 spiro atoms. The van der Waals surface area contributed by atoms with Crippen LogP contribution in [0.2, 0.25) is 0 Å². The number of amides is 3. The largest absolute Gasteiger partial charge is 0.416 e. The Kier molecular flexibility index (Phi) is 9.77. The zero-order valence-corrected chi connectivity index (χ0v) is 24.3. The third kappa shape index (κ3) is 8.14. The van der Waals surface area contributed by atoms with Crippen molar-refractivity contribution in [3.8, 4) is 0 Å².